The second kappa shape index (κ2) is 4.64. The summed E-state index contributed by atoms with van der Waals surface area (Å²) in [4.78, 5) is 0.161. The molecular formula is C13H20N2O2S. The highest BCUT2D eigenvalue weighted by atomic mass is 32.2. The number of sulfonamides is 1. The van der Waals surface area contributed by atoms with Crippen molar-refractivity contribution in [1.82, 2.24) is 5.32 Å². The Balaban J connectivity index is 1.95. The fourth-order valence-electron chi connectivity index (χ4n) is 1.94. The Kier molecular flexibility index (Phi) is 3.49. The van der Waals surface area contributed by atoms with Crippen LogP contribution in [0.15, 0.2) is 29.2 Å². The summed E-state index contributed by atoms with van der Waals surface area (Å²) in [6.07, 6.45) is 2.57. The van der Waals surface area contributed by atoms with Crippen LogP contribution in [0.25, 0.3) is 0 Å². The standard InChI is InChI=1S/C13H20N2O2S/c1-10(13(2)7-8-13)15-9-11-3-5-12(6-4-11)18(14,16)17/h3-6,10,15H,7-9H2,1-2H3,(H2,14,16,17). The van der Waals surface area contributed by atoms with Gasteiger partial charge in [-0.05, 0) is 42.9 Å². The summed E-state index contributed by atoms with van der Waals surface area (Å²) >= 11 is 0. The molecule has 1 atom stereocenters. The maximum absolute atomic E-state index is 11.1. The van der Waals surface area contributed by atoms with Gasteiger partial charge in [0.1, 0.15) is 0 Å². The highest BCUT2D eigenvalue weighted by molar-refractivity contribution is 7.89. The van der Waals surface area contributed by atoms with Crippen LogP contribution in [0, 0.1) is 5.41 Å². The molecule has 1 aromatic carbocycles. The Morgan fingerprint density at radius 1 is 1.33 bits per heavy atom. The third-order valence-electron chi connectivity index (χ3n) is 3.95. The maximum Gasteiger partial charge on any atom is 0.238 e. The van der Waals surface area contributed by atoms with Gasteiger partial charge in [-0.3, -0.25) is 0 Å². The van der Waals surface area contributed by atoms with Gasteiger partial charge in [0, 0.05) is 12.6 Å². The van der Waals surface area contributed by atoms with E-state index >= 15 is 0 Å². The van der Waals surface area contributed by atoms with Crippen LogP contribution < -0.4 is 10.5 Å². The van der Waals surface area contributed by atoms with Gasteiger partial charge >= 0.3 is 0 Å². The summed E-state index contributed by atoms with van der Waals surface area (Å²) in [7, 11) is -3.58. The predicted octanol–water partition coefficient (Wildman–Crippen LogP) is 1.61. The summed E-state index contributed by atoms with van der Waals surface area (Å²) in [5, 5.41) is 8.53. The van der Waals surface area contributed by atoms with Gasteiger partial charge in [-0.1, -0.05) is 19.1 Å². The Bertz CT molecular complexity index is 518. The summed E-state index contributed by atoms with van der Waals surface area (Å²) < 4.78 is 22.2. The van der Waals surface area contributed by atoms with E-state index < -0.39 is 10.0 Å². The molecule has 5 heteroatoms. The van der Waals surface area contributed by atoms with Crippen LogP contribution >= 0.6 is 0 Å². The van der Waals surface area contributed by atoms with Gasteiger partial charge < -0.3 is 5.32 Å². The van der Waals surface area contributed by atoms with E-state index in [9.17, 15) is 8.42 Å². The average Bonchev–Trinajstić information content (AvgIpc) is 3.05. The molecule has 1 fully saturated rings. The zero-order valence-corrected chi connectivity index (χ0v) is 11.6. The Morgan fingerprint density at radius 2 is 1.89 bits per heavy atom. The fourth-order valence-corrected chi connectivity index (χ4v) is 2.46. The molecule has 1 unspecified atom stereocenters. The molecule has 100 valence electrons. The summed E-state index contributed by atoms with van der Waals surface area (Å²) in [6, 6.07) is 7.19. The number of hydrogen-bond acceptors (Lipinski definition) is 3. The van der Waals surface area contributed by atoms with Crippen molar-refractivity contribution in [2.24, 2.45) is 10.6 Å². The van der Waals surface area contributed by atoms with Gasteiger partial charge in [0.15, 0.2) is 0 Å². The van der Waals surface area contributed by atoms with E-state index in [1.165, 1.54) is 12.8 Å². The number of nitrogens with one attached hydrogen (secondary N) is 1. The van der Waals surface area contributed by atoms with Crippen molar-refractivity contribution in [1.29, 1.82) is 0 Å². The molecule has 4 nitrogen and oxygen atoms in total. The molecule has 1 aliphatic carbocycles. The molecule has 0 amide bonds. The van der Waals surface area contributed by atoms with Crippen LogP contribution in [-0.4, -0.2) is 14.5 Å². The Morgan fingerprint density at radius 3 is 2.33 bits per heavy atom. The second-order valence-corrected chi connectivity index (χ2v) is 7.01. The number of primary sulfonamides is 1. The number of benzene rings is 1. The molecule has 0 saturated heterocycles. The van der Waals surface area contributed by atoms with Gasteiger partial charge in [0.25, 0.3) is 0 Å². The highest BCUT2D eigenvalue weighted by Gasteiger charge is 2.42. The minimum absolute atomic E-state index is 0.161. The quantitative estimate of drug-likeness (QED) is 0.852. The van der Waals surface area contributed by atoms with Gasteiger partial charge in [0.05, 0.1) is 4.90 Å². The van der Waals surface area contributed by atoms with Gasteiger partial charge in [-0.15, -0.1) is 0 Å². The molecule has 0 aromatic heterocycles. The lowest BCUT2D eigenvalue weighted by Crippen LogP contribution is -2.32. The molecule has 0 spiro atoms. The van der Waals surface area contributed by atoms with E-state index in [1.807, 2.05) is 0 Å². The smallest absolute Gasteiger partial charge is 0.238 e. The van der Waals surface area contributed by atoms with Crippen molar-refractivity contribution in [2.75, 3.05) is 0 Å². The largest absolute Gasteiger partial charge is 0.310 e. The molecule has 0 heterocycles. The summed E-state index contributed by atoms with van der Waals surface area (Å²) in [5.74, 6) is 0. The van der Waals surface area contributed by atoms with E-state index in [-0.39, 0.29) is 4.90 Å². The van der Waals surface area contributed by atoms with Crippen LogP contribution in [0.3, 0.4) is 0 Å². The normalized spacial score (nSPS) is 19.5. The van der Waals surface area contributed by atoms with Crippen molar-refractivity contribution < 1.29 is 8.42 Å². The van der Waals surface area contributed by atoms with Crippen LogP contribution in [0.2, 0.25) is 0 Å². The van der Waals surface area contributed by atoms with Crippen molar-refractivity contribution in [2.45, 2.75) is 44.2 Å². The maximum atomic E-state index is 11.1. The molecule has 3 N–H and O–H groups in total. The molecule has 2 rings (SSSR count). The first-order valence-electron chi connectivity index (χ1n) is 6.16. The highest BCUT2D eigenvalue weighted by Crippen LogP contribution is 2.47. The third kappa shape index (κ3) is 3.10. The first-order chi connectivity index (χ1) is 8.31. The van der Waals surface area contributed by atoms with Crippen molar-refractivity contribution in [3.8, 4) is 0 Å². The van der Waals surface area contributed by atoms with Crippen LogP contribution in [0.4, 0.5) is 0 Å². The van der Waals surface area contributed by atoms with Crippen molar-refractivity contribution in [3.63, 3.8) is 0 Å². The van der Waals surface area contributed by atoms with E-state index in [2.05, 4.69) is 19.2 Å². The molecule has 1 aromatic rings. The zero-order chi connectivity index (χ0) is 13.4. The second-order valence-electron chi connectivity index (χ2n) is 5.45. The van der Waals surface area contributed by atoms with E-state index in [4.69, 9.17) is 5.14 Å². The Hall–Kier alpha value is -0.910. The summed E-state index contributed by atoms with van der Waals surface area (Å²) in [6.45, 7) is 5.24. The predicted molar refractivity (Wildman–Crippen MR) is 71.5 cm³/mol. The lowest BCUT2D eigenvalue weighted by Gasteiger charge is -2.20. The third-order valence-corrected chi connectivity index (χ3v) is 4.88. The van der Waals surface area contributed by atoms with Gasteiger partial charge in [0.2, 0.25) is 10.0 Å². The first kappa shape index (κ1) is 13.5. The molecule has 1 saturated carbocycles. The van der Waals surface area contributed by atoms with Crippen molar-refractivity contribution in [3.05, 3.63) is 29.8 Å². The van der Waals surface area contributed by atoms with Gasteiger partial charge in [-0.25, -0.2) is 13.6 Å². The fraction of sp³-hybridized carbons (Fsp3) is 0.538. The van der Waals surface area contributed by atoms with Crippen molar-refractivity contribution >= 4 is 10.0 Å². The van der Waals surface area contributed by atoms with Crippen LogP contribution in [0.5, 0.6) is 0 Å². The van der Waals surface area contributed by atoms with Crippen LogP contribution in [-0.2, 0) is 16.6 Å². The Labute approximate surface area is 109 Å². The zero-order valence-electron chi connectivity index (χ0n) is 10.8. The lowest BCUT2D eigenvalue weighted by molar-refractivity contribution is 0.380. The minimum atomic E-state index is -3.58. The number of hydrogen-bond donors (Lipinski definition) is 2. The molecular weight excluding hydrogens is 248 g/mol. The monoisotopic (exact) mass is 268 g/mol. The van der Waals surface area contributed by atoms with E-state index in [0.29, 0.717) is 11.5 Å². The summed E-state index contributed by atoms with van der Waals surface area (Å²) in [5.41, 5.74) is 1.51. The molecule has 0 radical (unpaired) electrons. The average molecular weight is 268 g/mol. The van der Waals surface area contributed by atoms with E-state index in [1.54, 1.807) is 24.3 Å². The minimum Gasteiger partial charge on any atom is -0.310 e. The lowest BCUT2D eigenvalue weighted by atomic mass is 10.0. The SMILES string of the molecule is CC(NCc1ccc(S(N)(=O)=O)cc1)C1(C)CC1. The van der Waals surface area contributed by atoms with Gasteiger partial charge in [-0.2, -0.15) is 0 Å². The molecule has 18 heavy (non-hydrogen) atoms. The molecule has 0 bridgehead atoms. The number of nitrogens with two attached hydrogens (primary N) is 1. The topological polar surface area (TPSA) is 72.2 Å². The van der Waals surface area contributed by atoms with Crippen LogP contribution in [0.1, 0.15) is 32.3 Å². The molecule has 0 aliphatic heterocycles. The first-order valence-corrected chi connectivity index (χ1v) is 7.71. The van der Waals surface area contributed by atoms with E-state index in [0.717, 1.165) is 12.1 Å². The number of rotatable bonds is 5. The molecule has 1 aliphatic rings.